The maximum absolute atomic E-state index is 13.6. The first-order valence-corrected chi connectivity index (χ1v) is 13.4. The van der Waals surface area contributed by atoms with Crippen LogP contribution in [-0.2, 0) is 6.54 Å². The lowest BCUT2D eigenvalue weighted by atomic mass is 10.00. The van der Waals surface area contributed by atoms with E-state index in [9.17, 15) is 4.79 Å². The highest BCUT2D eigenvalue weighted by molar-refractivity contribution is 5.81. The van der Waals surface area contributed by atoms with Gasteiger partial charge in [-0.25, -0.2) is 4.68 Å². The summed E-state index contributed by atoms with van der Waals surface area (Å²) in [6.07, 6.45) is 1.64. The predicted octanol–water partition coefficient (Wildman–Crippen LogP) is 4.30. The molecular formula is C30H33N7O2. The smallest absolute Gasteiger partial charge is 0.253 e. The zero-order valence-electron chi connectivity index (χ0n) is 22.8. The van der Waals surface area contributed by atoms with E-state index in [1.165, 1.54) is 22.4 Å². The van der Waals surface area contributed by atoms with Gasteiger partial charge in [0.25, 0.3) is 5.56 Å². The highest BCUT2D eigenvalue weighted by atomic mass is 16.3. The summed E-state index contributed by atoms with van der Waals surface area (Å²) >= 11 is 0. The van der Waals surface area contributed by atoms with Gasteiger partial charge in [0.05, 0.1) is 6.26 Å². The van der Waals surface area contributed by atoms with E-state index < -0.39 is 6.04 Å². The van der Waals surface area contributed by atoms with Gasteiger partial charge in [0.2, 0.25) is 0 Å². The zero-order chi connectivity index (χ0) is 27.1. The minimum absolute atomic E-state index is 0.125. The molecule has 1 saturated heterocycles. The SMILES string of the molecule is Cc1ccc(C)c(N2CCN(C(c3cc4cc(C)c(C)cc4[nH]c3=O)c3nnnn3Cc3ccco3)CC2)c1. The summed E-state index contributed by atoms with van der Waals surface area (Å²) in [5.41, 5.74) is 7.46. The van der Waals surface area contributed by atoms with E-state index in [-0.39, 0.29) is 5.56 Å². The highest BCUT2D eigenvalue weighted by Gasteiger charge is 2.33. The fraction of sp³-hybridized carbons (Fsp3) is 0.333. The molecule has 0 saturated carbocycles. The molecule has 9 heteroatoms. The Bertz CT molecular complexity index is 1680. The van der Waals surface area contributed by atoms with E-state index in [0.717, 1.165) is 48.4 Å². The van der Waals surface area contributed by atoms with Crippen molar-refractivity contribution < 1.29 is 4.42 Å². The molecule has 2 aromatic carbocycles. The lowest BCUT2D eigenvalue weighted by molar-refractivity contribution is 0.200. The number of pyridine rings is 1. The summed E-state index contributed by atoms with van der Waals surface area (Å²) in [4.78, 5) is 21.5. The molecule has 1 aliphatic heterocycles. The van der Waals surface area contributed by atoms with Crippen LogP contribution in [0.5, 0.6) is 0 Å². The number of benzene rings is 2. The number of hydrogen-bond donors (Lipinski definition) is 1. The van der Waals surface area contributed by atoms with Gasteiger partial charge in [0, 0.05) is 42.9 Å². The summed E-state index contributed by atoms with van der Waals surface area (Å²) < 4.78 is 7.32. The van der Waals surface area contributed by atoms with Gasteiger partial charge in [-0.15, -0.1) is 5.10 Å². The molecular weight excluding hydrogens is 490 g/mol. The zero-order valence-corrected chi connectivity index (χ0v) is 22.8. The van der Waals surface area contributed by atoms with Crippen molar-refractivity contribution in [1.82, 2.24) is 30.1 Å². The second kappa shape index (κ2) is 10.1. The largest absolute Gasteiger partial charge is 0.467 e. The number of anilines is 1. The number of H-pyrrole nitrogens is 1. The molecule has 0 bridgehead atoms. The van der Waals surface area contributed by atoms with Crippen molar-refractivity contribution in [2.24, 2.45) is 0 Å². The van der Waals surface area contributed by atoms with Gasteiger partial charge >= 0.3 is 0 Å². The monoisotopic (exact) mass is 523 g/mol. The number of hydrogen-bond acceptors (Lipinski definition) is 7. The number of aryl methyl sites for hydroxylation is 4. The van der Waals surface area contributed by atoms with Crippen molar-refractivity contribution >= 4 is 16.6 Å². The van der Waals surface area contributed by atoms with Gasteiger partial charge in [-0.1, -0.05) is 12.1 Å². The lowest BCUT2D eigenvalue weighted by Crippen LogP contribution is -2.49. The molecule has 9 nitrogen and oxygen atoms in total. The molecule has 0 aliphatic carbocycles. The molecule has 200 valence electrons. The first-order valence-electron chi connectivity index (χ1n) is 13.4. The Labute approximate surface area is 227 Å². The van der Waals surface area contributed by atoms with Gasteiger partial charge in [0.15, 0.2) is 5.82 Å². The highest BCUT2D eigenvalue weighted by Crippen LogP contribution is 2.30. The van der Waals surface area contributed by atoms with Crippen LogP contribution in [0.2, 0.25) is 0 Å². The number of nitrogens with one attached hydrogen (secondary N) is 1. The summed E-state index contributed by atoms with van der Waals surface area (Å²) in [6.45, 7) is 12.0. The maximum Gasteiger partial charge on any atom is 0.253 e. The van der Waals surface area contributed by atoms with Gasteiger partial charge in [-0.05, 0) is 102 Å². The van der Waals surface area contributed by atoms with E-state index in [2.05, 4.69) is 82.3 Å². The average molecular weight is 524 g/mol. The third-order valence-corrected chi connectivity index (χ3v) is 7.86. The molecule has 3 aromatic heterocycles. The second-order valence-electron chi connectivity index (χ2n) is 10.6. The fourth-order valence-corrected chi connectivity index (χ4v) is 5.55. The van der Waals surface area contributed by atoms with Crippen LogP contribution in [0.1, 0.15) is 45.4 Å². The van der Waals surface area contributed by atoms with Crippen LogP contribution in [0.3, 0.4) is 0 Å². The third kappa shape index (κ3) is 4.85. The summed E-state index contributed by atoms with van der Waals surface area (Å²) in [5.74, 6) is 1.38. The molecule has 1 fully saturated rings. The Morgan fingerprint density at radius 3 is 2.51 bits per heavy atom. The van der Waals surface area contributed by atoms with Crippen molar-refractivity contribution in [3.8, 4) is 0 Å². The van der Waals surface area contributed by atoms with Crippen molar-refractivity contribution in [2.45, 2.75) is 40.3 Å². The Kier molecular flexibility index (Phi) is 6.52. The fourth-order valence-electron chi connectivity index (χ4n) is 5.55. The molecule has 39 heavy (non-hydrogen) atoms. The molecule has 1 atom stereocenters. The van der Waals surface area contributed by atoms with E-state index >= 15 is 0 Å². The van der Waals surface area contributed by atoms with Crippen molar-refractivity contribution in [2.75, 3.05) is 31.1 Å². The number of nitrogens with zero attached hydrogens (tertiary/aromatic N) is 6. The van der Waals surface area contributed by atoms with Crippen molar-refractivity contribution in [3.05, 3.63) is 105 Å². The second-order valence-corrected chi connectivity index (χ2v) is 10.6. The average Bonchev–Trinajstić information content (AvgIpc) is 3.61. The molecule has 6 rings (SSSR count). The number of aromatic amines is 1. The van der Waals surface area contributed by atoms with Crippen LogP contribution in [-0.4, -0.2) is 56.3 Å². The quantitative estimate of drug-likeness (QED) is 0.354. The van der Waals surface area contributed by atoms with Crippen molar-refractivity contribution in [1.29, 1.82) is 0 Å². The van der Waals surface area contributed by atoms with E-state index in [4.69, 9.17) is 4.42 Å². The van der Waals surface area contributed by atoms with Gasteiger partial charge in [0.1, 0.15) is 18.3 Å². The molecule has 4 heterocycles. The Morgan fingerprint density at radius 1 is 0.949 bits per heavy atom. The van der Waals surface area contributed by atoms with Gasteiger partial charge < -0.3 is 14.3 Å². The number of furan rings is 1. The first kappa shape index (κ1) is 25.1. The van der Waals surface area contributed by atoms with Crippen LogP contribution in [0.25, 0.3) is 10.9 Å². The molecule has 0 spiro atoms. The van der Waals surface area contributed by atoms with Crippen molar-refractivity contribution in [3.63, 3.8) is 0 Å². The summed E-state index contributed by atoms with van der Waals surface area (Å²) in [6, 6.07) is 16.1. The van der Waals surface area contributed by atoms with Crippen LogP contribution < -0.4 is 10.5 Å². The van der Waals surface area contributed by atoms with E-state index in [0.29, 0.717) is 17.9 Å². The number of piperazine rings is 1. The molecule has 0 radical (unpaired) electrons. The van der Waals surface area contributed by atoms with Crippen LogP contribution >= 0.6 is 0 Å². The van der Waals surface area contributed by atoms with Crippen LogP contribution in [0.15, 0.2) is 64.0 Å². The molecule has 0 amide bonds. The minimum Gasteiger partial charge on any atom is -0.467 e. The first-order chi connectivity index (χ1) is 18.9. The summed E-state index contributed by atoms with van der Waals surface area (Å²) in [7, 11) is 0. The number of fused-ring (bicyclic) bond motifs is 1. The Hall–Kier alpha value is -4.24. The van der Waals surface area contributed by atoms with Crippen LogP contribution in [0, 0.1) is 27.7 Å². The Balaban J connectivity index is 1.40. The van der Waals surface area contributed by atoms with Gasteiger partial charge in [-0.3, -0.25) is 9.69 Å². The Morgan fingerprint density at radius 2 is 1.74 bits per heavy atom. The molecule has 1 N–H and O–H groups in total. The number of aromatic nitrogens is 5. The normalized spacial score (nSPS) is 15.2. The molecule has 1 unspecified atom stereocenters. The van der Waals surface area contributed by atoms with E-state index in [1.807, 2.05) is 24.3 Å². The summed E-state index contributed by atoms with van der Waals surface area (Å²) in [5, 5.41) is 13.8. The predicted molar refractivity (Wildman–Crippen MR) is 151 cm³/mol. The minimum atomic E-state index is -0.412. The maximum atomic E-state index is 13.6. The number of rotatable bonds is 6. The molecule has 1 aliphatic rings. The number of tetrazole rings is 1. The van der Waals surface area contributed by atoms with E-state index in [1.54, 1.807) is 10.9 Å². The molecule has 5 aromatic rings. The topological polar surface area (TPSA) is 96.1 Å². The van der Waals surface area contributed by atoms with Gasteiger partial charge in [-0.2, -0.15) is 0 Å². The lowest BCUT2D eigenvalue weighted by Gasteiger charge is -2.40. The van der Waals surface area contributed by atoms with Crippen LogP contribution in [0.4, 0.5) is 5.69 Å². The third-order valence-electron chi connectivity index (χ3n) is 7.86. The standard InChI is InChI=1S/C30H33N7O2/c1-19-7-8-20(2)27(14-19)35-9-11-36(12-10-35)28(29-32-33-34-37(29)18-24-6-5-13-39-24)25-17-23-15-21(3)22(4)16-26(23)31-30(25)38/h5-8,13-17,28H,9-12,18H2,1-4H3,(H,31,38).